The fourth-order valence-corrected chi connectivity index (χ4v) is 1.23. The molecule has 0 radical (unpaired) electrons. The summed E-state index contributed by atoms with van der Waals surface area (Å²) in [5, 5.41) is 2.64. The van der Waals surface area contributed by atoms with Gasteiger partial charge in [-0.25, -0.2) is 0 Å². The molecule has 76 valence electrons. The molecule has 0 aliphatic carbocycles. The van der Waals surface area contributed by atoms with Crippen LogP contribution in [0.4, 0.5) is 0 Å². The van der Waals surface area contributed by atoms with Crippen LogP contribution in [0.2, 0.25) is 0 Å². The lowest BCUT2D eigenvalue weighted by atomic mass is 10.3. The summed E-state index contributed by atoms with van der Waals surface area (Å²) < 4.78 is 10.8. The van der Waals surface area contributed by atoms with E-state index in [1.165, 1.54) is 0 Å². The van der Waals surface area contributed by atoms with Crippen LogP contribution in [0.5, 0.6) is 0 Å². The van der Waals surface area contributed by atoms with Crippen molar-refractivity contribution in [2.24, 2.45) is 0 Å². The van der Waals surface area contributed by atoms with Crippen LogP contribution >= 0.6 is 11.6 Å². The minimum atomic E-state index is -0.531. The van der Waals surface area contributed by atoms with Gasteiger partial charge < -0.3 is 14.8 Å². The van der Waals surface area contributed by atoms with Crippen molar-refractivity contribution in [3.8, 4) is 0 Å². The molecule has 1 heterocycles. The highest BCUT2D eigenvalue weighted by Gasteiger charge is 2.32. The molecule has 1 amide bonds. The standard InChI is InChI=1S/C8H14ClNO3/c1-8(2)12-5-6(13-8)4-10-7(11)3-9/h6H,3-5H2,1-2H3,(H,10,11)/t6-/m0/s1. The van der Waals surface area contributed by atoms with Gasteiger partial charge in [-0.2, -0.15) is 0 Å². The summed E-state index contributed by atoms with van der Waals surface area (Å²) in [6, 6.07) is 0. The molecule has 0 unspecified atom stereocenters. The fraction of sp³-hybridized carbons (Fsp3) is 0.875. The Labute approximate surface area is 82.5 Å². The Hall–Kier alpha value is -0.320. The van der Waals surface area contributed by atoms with Gasteiger partial charge in [-0.05, 0) is 13.8 Å². The molecule has 13 heavy (non-hydrogen) atoms. The Morgan fingerprint density at radius 3 is 2.85 bits per heavy atom. The predicted molar refractivity (Wildman–Crippen MR) is 48.6 cm³/mol. The van der Waals surface area contributed by atoms with E-state index in [9.17, 15) is 4.79 Å². The van der Waals surface area contributed by atoms with E-state index in [2.05, 4.69) is 5.32 Å². The van der Waals surface area contributed by atoms with Gasteiger partial charge in [0.1, 0.15) is 12.0 Å². The van der Waals surface area contributed by atoms with Crippen molar-refractivity contribution in [2.45, 2.75) is 25.7 Å². The van der Waals surface area contributed by atoms with Gasteiger partial charge in [-0.1, -0.05) is 0 Å². The van der Waals surface area contributed by atoms with E-state index in [-0.39, 0.29) is 17.9 Å². The molecule has 1 atom stereocenters. The minimum Gasteiger partial charge on any atom is -0.352 e. The first-order valence-electron chi connectivity index (χ1n) is 4.18. The third-order valence-corrected chi connectivity index (χ3v) is 1.96. The van der Waals surface area contributed by atoms with Crippen molar-refractivity contribution >= 4 is 17.5 Å². The SMILES string of the molecule is CC1(C)OC[C@H](CNC(=O)CCl)O1. The molecule has 1 N–H and O–H groups in total. The number of halogens is 1. The van der Waals surface area contributed by atoms with Gasteiger partial charge in [0.05, 0.1) is 6.61 Å². The lowest BCUT2D eigenvalue weighted by Gasteiger charge is -2.17. The molecule has 0 aromatic heterocycles. The van der Waals surface area contributed by atoms with E-state index in [0.29, 0.717) is 13.2 Å². The molecule has 0 saturated carbocycles. The van der Waals surface area contributed by atoms with Crippen LogP contribution in [-0.2, 0) is 14.3 Å². The van der Waals surface area contributed by atoms with Crippen molar-refractivity contribution in [3.05, 3.63) is 0 Å². The largest absolute Gasteiger partial charge is 0.352 e. The maximum absolute atomic E-state index is 10.8. The van der Waals surface area contributed by atoms with Crippen molar-refractivity contribution in [3.63, 3.8) is 0 Å². The van der Waals surface area contributed by atoms with Crippen LogP contribution in [0.3, 0.4) is 0 Å². The van der Waals surface area contributed by atoms with Crippen LogP contribution in [-0.4, -0.2) is 36.8 Å². The normalized spacial score (nSPS) is 25.9. The van der Waals surface area contributed by atoms with Crippen molar-refractivity contribution in [2.75, 3.05) is 19.0 Å². The predicted octanol–water partition coefficient (Wildman–Crippen LogP) is 0.493. The summed E-state index contributed by atoms with van der Waals surface area (Å²) in [6.45, 7) is 4.65. The maximum Gasteiger partial charge on any atom is 0.235 e. The van der Waals surface area contributed by atoms with Gasteiger partial charge in [-0.3, -0.25) is 4.79 Å². The lowest BCUT2D eigenvalue weighted by Crippen LogP contribution is -2.35. The third-order valence-electron chi connectivity index (χ3n) is 1.72. The second kappa shape index (κ2) is 4.26. The monoisotopic (exact) mass is 207 g/mol. The average Bonchev–Trinajstić information content (AvgIpc) is 2.41. The summed E-state index contributed by atoms with van der Waals surface area (Å²) in [7, 11) is 0. The summed E-state index contributed by atoms with van der Waals surface area (Å²) in [5.74, 6) is -0.733. The van der Waals surface area contributed by atoms with E-state index in [4.69, 9.17) is 21.1 Å². The van der Waals surface area contributed by atoms with Crippen LogP contribution in [0, 0.1) is 0 Å². The number of hydrogen-bond acceptors (Lipinski definition) is 3. The lowest BCUT2D eigenvalue weighted by molar-refractivity contribution is -0.139. The molecule has 4 nitrogen and oxygen atoms in total. The number of carbonyl (C=O) groups excluding carboxylic acids is 1. The molecular weight excluding hydrogens is 194 g/mol. The summed E-state index contributed by atoms with van der Waals surface area (Å²) in [6.07, 6.45) is -0.0674. The van der Waals surface area contributed by atoms with Crippen molar-refractivity contribution in [1.82, 2.24) is 5.32 Å². The topological polar surface area (TPSA) is 47.6 Å². The van der Waals surface area contributed by atoms with E-state index in [1.807, 2.05) is 13.8 Å². The molecule has 0 spiro atoms. The molecule has 0 aromatic rings. The zero-order chi connectivity index (χ0) is 9.90. The number of carbonyl (C=O) groups is 1. The van der Waals surface area contributed by atoms with Crippen LogP contribution in [0.15, 0.2) is 0 Å². The number of rotatable bonds is 3. The molecule has 1 aliphatic rings. The Bertz CT molecular complexity index is 196. The Morgan fingerprint density at radius 2 is 2.38 bits per heavy atom. The molecule has 5 heteroatoms. The zero-order valence-electron chi connectivity index (χ0n) is 7.80. The summed E-state index contributed by atoms with van der Waals surface area (Å²) in [4.78, 5) is 10.8. The molecule has 0 bridgehead atoms. The molecular formula is C8H14ClNO3. The summed E-state index contributed by atoms with van der Waals surface area (Å²) >= 11 is 5.31. The third kappa shape index (κ3) is 3.50. The second-order valence-electron chi connectivity index (χ2n) is 3.39. The quantitative estimate of drug-likeness (QED) is 0.686. The van der Waals surface area contributed by atoms with E-state index < -0.39 is 5.79 Å². The smallest absolute Gasteiger partial charge is 0.235 e. The number of amides is 1. The highest BCUT2D eigenvalue weighted by molar-refractivity contribution is 6.27. The minimum absolute atomic E-state index is 0.0169. The van der Waals surface area contributed by atoms with Gasteiger partial charge in [0, 0.05) is 6.54 Å². The van der Waals surface area contributed by atoms with E-state index >= 15 is 0 Å². The highest BCUT2D eigenvalue weighted by atomic mass is 35.5. The van der Waals surface area contributed by atoms with Crippen molar-refractivity contribution < 1.29 is 14.3 Å². The molecule has 1 saturated heterocycles. The number of nitrogens with one attached hydrogen (secondary N) is 1. The summed E-state index contributed by atoms with van der Waals surface area (Å²) in [5.41, 5.74) is 0. The van der Waals surface area contributed by atoms with Gasteiger partial charge in [0.25, 0.3) is 0 Å². The first kappa shape index (κ1) is 10.8. The van der Waals surface area contributed by atoms with Gasteiger partial charge in [0.2, 0.25) is 5.91 Å². The first-order chi connectivity index (χ1) is 6.03. The van der Waals surface area contributed by atoms with Gasteiger partial charge >= 0.3 is 0 Å². The number of ether oxygens (including phenoxy) is 2. The molecule has 1 aliphatic heterocycles. The van der Waals surface area contributed by atoms with Gasteiger partial charge in [-0.15, -0.1) is 11.6 Å². The number of alkyl halides is 1. The van der Waals surface area contributed by atoms with Gasteiger partial charge in [0.15, 0.2) is 5.79 Å². The fourth-order valence-electron chi connectivity index (χ4n) is 1.14. The van der Waals surface area contributed by atoms with Crippen LogP contribution < -0.4 is 5.32 Å². The van der Waals surface area contributed by atoms with E-state index in [1.54, 1.807) is 0 Å². The van der Waals surface area contributed by atoms with Crippen LogP contribution in [0.25, 0.3) is 0 Å². The highest BCUT2D eigenvalue weighted by Crippen LogP contribution is 2.21. The Balaban J connectivity index is 2.21. The van der Waals surface area contributed by atoms with E-state index in [0.717, 1.165) is 0 Å². The average molecular weight is 208 g/mol. The number of hydrogen-bond donors (Lipinski definition) is 1. The molecule has 0 aromatic carbocycles. The first-order valence-corrected chi connectivity index (χ1v) is 4.71. The molecule has 1 fully saturated rings. The van der Waals surface area contributed by atoms with Crippen LogP contribution in [0.1, 0.15) is 13.8 Å². The molecule has 1 rings (SSSR count). The Kier molecular flexibility index (Phi) is 3.53. The zero-order valence-corrected chi connectivity index (χ0v) is 8.56. The second-order valence-corrected chi connectivity index (χ2v) is 3.66. The maximum atomic E-state index is 10.8. The van der Waals surface area contributed by atoms with Crippen molar-refractivity contribution in [1.29, 1.82) is 0 Å². The Morgan fingerprint density at radius 1 is 1.69 bits per heavy atom.